The summed E-state index contributed by atoms with van der Waals surface area (Å²) in [6, 6.07) is 6.11. The highest BCUT2D eigenvalue weighted by Crippen LogP contribution is 2.26. The van der Waals surface area contributed by atoms with E-state index in [1.165, 1.54) is 7.11 Å². The number of para-hydroxylation sites is 2. The van der Waals surface area contributed by atoms with Crippen LogP contribution in [-0.4, -0.2) is 29.4 Å². The van der Waals surface area contributed by atoms with Gasteiger partial charge in [-0.05, 0) is 18.6 Å². The molecule has 0 saturated heterocycles. The fraction of sp³-hybridized carbons (Fsp3) is 0.462. The number of hydrogen-bond acceptors (Lipinski definition) is 3. The maximum Gasteiger partial charge on any atom is 0.406 e. The Morgan fingerprint density at radius 2 is 2.05 bits per heavy atom. The van der Waals surface area contributed by atoms with Crippen LogP contribution in [0.2, 0.25) is 0 Å². The lowest BCUT2D eigenvalue weighted by Gasteiger charge is -2.16. The summed E-state index contributed by atoms with van der Waals surface area (Å²) in [5, 5.41) is 0. The van der Waals surface area contributed by atoms with Crippen LogP contribution in [0.3, 0.4) is 0 Å². The molecule has 2 rings (SSSR count). The molecule has 7 heteroatoms. The van der Waals surface area contributed by atoms with E-state index in [0.717, 1.165) is 4.57 Å². The summed E-state index contributed by atoms with van der Waals surface area (Å²) in [4.78, 5) is 4.23. The number of nitrogens with two attached hydrogens (primary N) is 1. The van der Waals surface area contributed by atoms with Crippen molar-refractivity contribution in [3.8, 4) is 0 Å². The Labute approximate surface area is 114 Å². The van der Waals surface area contributed by atoms with E-state index in [4.69, 9.17) is 10.5 Å². The number of benzene rings is 1. The molecule has 110 valence electrons. The first-order valence-corrected chi connectivity index (χ1v) is 6.19. The maximum absolute atomic E-state index is 12.7. The standard InChI is InChI=1S/C13H16F3N3O/c1-20-7-6-9(17)12-18-10-4-2-3-5-11(10)19(12)8-13(14,15)16/h2-5,9H,6-8,17H2,1H3. The summed E-state index contributed by atoms with van der Waals surface area (Å²) in [6.07, 6.45) is -3.91. The average Bonchev–Trinajstić information content (AvgIpc) is 2.73. The Kier molecular flexibility index (Phi) is 4.29. The molecule has 1 aromatic carbocycles. The topological polar surface area (TPSA) is 53.1 Å². The van der Waals surface area contributed by atoms with Crippen molar-refractivity contribution >= 4 is 11.0 Å². The number of rotatable bonds is 5. The van der Waals surface area contributed by atoms with E-state index >= 15 is 0 Å². The van der Waals surface area contributed by atoms with Crippen molar-refractivity contribution in [2.45, 2.75) is 25.2 Å². The van der Waals surface area contributed by atoms with E-state index in [1.54, 1.807) is 24.3 Å². The molecule has 0 aliphatic rings. The van der Waals surface area contributed by atoms with Crippen molar-refractivity contribution in [3.05, 3.63) is 30.1 Å². The Morgan fingerprint density at radius 1 is 1.35 bits per heavy atom. The zero-order valence-corrected chi connectivity index (χ0v) is 11.0. The number of aromatic nitrogens is 2. The van der Waals surface area contributed by atoms with Gasteiger partial charge in [0.2, 0.25) is 0 Å². The molecule has 1 atom stereocenters. The highest BCUT2D eigenvalue weighted by atomic mass is 19.4. The number of ether oxygens (including phenoxy) is 1. The largest absolute Gasteiger partial charge is 0.406 e. The molecule has 0 bridgehead atoms. The van der Waals surface area contributed by atoms with E-state index in [1.807, 2.05) is 0 Å². The monoisotopic (exact) mass is 287 g/mol. The molecule has 0 aliphatic carbocycles. The highest BCUT2D eigenvalue weighted by Gasteiger charge is 2.31. The molecule has 0 saturated carbocycles. The van der Waals surface area contributed by atoms with Gasteiger partial charge in [-0.1, -0.05) is 12.1 Å². The van der Waals surface area contributed by atoms with E-state index in [-0.39, 0.29) is 5.82 Å². The van der Waals surface area contributed by atoms with Gasteiger partial charge in [0.15, 0.2) is 0 Å². The number of nitrogens with zero attached hydrogens (tertiary/aromatic N) is 2. The minimum Gasteiger partial charge on any atom is -0.385 e. The van der Waals surface area contributed by atoms with Crippen molar-refractivity contribution in [1.29, 1.82) is 0 Å². The van der Waals surface area contributed by atoms with Gasteiger partial charge in [-0.2, -0.15) is 13.2 Å². The Hall–Kier alpha value is -1.60. The van der Waals surface area contributed by atoms with Crippen molar-refractivity contribution < 1.29 is 17.9 Å². The van der Waals surface area contributed by atoms with Crippen LogP contribution in [0.15, 0.2) is 24.3 Å². The van der Waals surface area contributed by atoms with E-state index in [0.29, 0.717) is 24.1 Å². The second kappa shape index (κ2) is 5.80. The Morgan fingerprint density at radius 3 is 2.70 bits per heavy atom. The van der Waals surface area contributed by atoms with Crippen LogP contribution in [0, 0.1) is 0 Å². The summed E-state index contributed by atoms with van der Waals surface area (Å²) in [7, 11) is 1.52. The van der Waals surface area contributed by atoms with Gasteiger partial charge in [-0.3, -0.25) is 0 Å². The number of halogens is 3. The molecular weight excluding hydrogens is 271 g/mol. The lowest BCUT2D eigenvalue weighted by molar-refractivity contribution is -0.140. The van der Waals surface area contributed by atoms with Crippen LogP contribution >= 0.6 is 0 Å². The van der Waals surface area contributed by atoms with Gasteiger partial charge in [-0.15, -0.1) is 0 Å². The maximum atomic E-state index is 12.7. The molecule has 4 nitrogen and oxygen atoms in total. The zero-order valence-electron chi connectivity index (χ0n) is 11.0. The van der Waals surface area contributed by atoms with Gasteiger partial charge in [-0.25, -0.2) is 4.98 Å². The normalized spacial score (nSPS) is 13.8. The number of imidazole rings is 1. The second-order valence-electron chi connectivity index (χ2n) is 4.55. The van der Waals surface area contributed by atoms with Crippen LogP contribution in [0.1, 0.15) is 18.3 Å². The van der Waals surface area contributed by atoms with Gasteiger partial charge in [0.25, 0.3) is 0 Å². The second-order valence-corrected chi connectivity index (χ2v) is 4.55. The van der Waals surface area contributed by atoms with Gasteiger partial charge >= 0.3 is 6.18 Å². The summed E-state index contributed by atoms with van der Waals surface area (Å²) in [6.45, 7) is -0.722. The quantitative estimate of drug-likeness (QED) is 0.919. The van der Waals surface area contributed by atoms with Crippen molar-refractivity contribution in [2.24, 2.45) is 5.73 Å². The number of fused-ring (bicyclic) bond motifs is 1. The zero-order chi connectivity index (χ0) is 14.8. The van der Waals surface area contributed by atoms with E-state index in [2.05, 4.69) is 4.98 Å². The molecule has 2 aromatic rings. The highest BCUT2D eigenvalue weighted by molar-refractivity contribution is 5.76. The van der Waals surface area contributed by atoms with Gasteiger partial charge in [0.1, 0.15) is 12.4 Å². The number of alkyl halides is 3. The van der Waals surface area contributed by atoms with Crippen molar-refractivity contribution in [3.63, 3.8) is 0 Å². The van der Waals surface area contributed by atoms with Gasteiger partial charge < -0.3 is 15.0 Å². The van der Waals surface area contributed by atoms with Gasteiger partial charge in [0, 0.05) is 13.7 Å². The van der Waals surface area contributed by atoms with E-state index in [9.17, 15) is 13.2 Å². The Balaban J connectivity index is 2.43. The number of methoxy groups -OCH3 is 1. The molecule has 0 amide bonds. The SMILES string of the molecule is COCCC(N)c1nc2ccccc2n1CC(F)(F)F. The molecule has 0 aliphatic heterocycles. The smallest absolute Gasteiger partial charge is 0.385 e. The summed E-state index contributed by atoms with van der Waals surface area (Å²) in [5.41, 5.74) is 6.89. The predicted octanol–water partition coefficient (Wildman–Crippen LogP) is 2.63. The minimum atomic E-state index is -4.32. The van der Waals surface area contributed by atoms with Crippen LogP contribution in [0.5, 0.6) is 0 Å². The molecule has 1 aromatic heterocycles. The fourth-order valence-electron chi connectivity index (χ4n) is 2.10. The fourth-order valence-corrected chi connectivity index (χ4v) is 2.10. The first-order valence-electron chi connectivity index (χ1n) is 6.19. The molecule has 0 radical (unpaired) electrons. The molecule has 0 spiro atoms. The molecule has 1 unspecified atom stereocenters. The molecule has 1 heterocycles. The Bertz CT molecular complexity index is 580. The predicted molar refractivity (Wildman–Crippen MR) is 69.2 cm³/mol. The number of hydrogen-bond donors (Lipinski definition) is 1. The molecule has 0 fully saturated rings. The molecular formula is C13H16F3N3O. The third kappa shape index (κ3) is 3.29. The minimum absolute atomic E-state index is 0.237. The van der Waals surface area contributed by atoms with Crippen LogP contribution in [0.4, 0.5) is 13.2 Å². The average molecular weight is 287 g/mol. The molecule has 2 N–H and O–H groups in total. The summed E-state index contributed by atoms with van der Waals surface area (Å²) < 4.78 is 44.2. The lowest BCUT2D eigenvalue weighted by atomic mass is 10.2. The summed E-state index contributed by atoms with van der Waals surface area (Å²) in [5.74, 6) is 0.237. The first kappa shape index (κ1) is 14.8. The first-order chi connectivity index (χ1) is 9.42. The third-order valence-corrected chi connectivity index (χ3v) is 2.99. The van der Waals surface area contributed by atoms with Crippen molar-refractivity contribution in [2.75, 3.05) is 13.7 Å². The van der Waals surface area contributed by atoms with Gasteiger partial charge in [0.05, 0.1) is 17.1 Å². The lowest BCUT2D eigenvalue weighted by Crippen LogP contribution is -2.24. The van der Waals surface area contributed by atoms with Crippen LogP contribution < -0.4 is 5.73 Å². The van der Waals surface area contributed by atoms with Crippen LogP contribution in [0.25, 0.3) is 11.0 Å². The molecule has 20 heavy (non-hydrogen) atoms. The third-order valence-electron chi connectivity index (χ3n) is 2.99. The van der Waals surface area contributed by atoms with Crippen LogP contribution in [-0.2, 0) is 11.3 Å². The van der Waals surface area contributed by atoms with Crippen molar-refractivity contribution in [1.82, 2.24) is 9.55 Å². The van der Waals surface area contributed by atoms with E-state index < -0.39 is 18.8 Å². The summed E-state index contributed by atoms with van der Waals surface area (Å²) >= 11 is 0.